The number of carbonyl (C=O) groups is 2. The maximum absolute atomic E-state index is 12.8. The summed E-state index contributed by atoms with van der Waals surface area (Å²) in [7, 11) is 3.77. The standard InChI is InChI=1S/C18H23N5O2/c1-4-14-12-21(2)15-8-6-5-7-13(15)11-23(14)18(25)17(24)19-16-9-10-22(3)20-16/h5-10,14H,4,11-12H2,1-3H3,(H,19,20,24)/t14-/m1/s1. The summed E-state index contributed by atoms with van der Waals surface area (Å²) in [6, 6.07) is 9.62. The Hall–Kier alpha value is -2.83. The first-order chi connectivity index (χ1) is 12.0. The molecule has 3 rings (SSSR count). The van der Waals surface area contributed by atoms with Gasteiger partial charge in [0.15, 0.2) is 5.82 Å². The summed E-state index contributed by atoms with van der Waals surface area (Å²) in [6.07, 6.45) is 2.49. The normalized spacial score (nSPS) is 17.0. The van der Waals surface area contributed by atoms with Gasteiger partial charge in [-0.2, -0.15) is 5.10 Å². The number of fused-ring (bicyclic) bond motifs is 1. The van der Waals surface area contributed by atoms with Crippen LogP contribution in [0.5, 0.6) is 0 Å². The lowest BCUT2D eigenvalue weighted by molar-refractivity contribution is -0.145. The predicted octanol–water partition coefficient (Wildman–Crippen LogP) is 1.62. The number of likely N-dealkylation sites (N-methyl/N-ethyl adjacent to an activating group) is 1. The molecule has 2 amide bonds. The zero-order valence-corrected chi connectivity index (χ0v) is 14.8. The Morgan fingerprint density at radius 2 is 2.00 bits per heavy atom. The second-order valence-electron chi connectivity index (χ2n) is 6.33. The van der Waals surface area contributed by atoms with E-state index in [2.05, 4.69) is 15.3 Å². The third-order valence-electron chi connectivity index (χ3n) is 4.55. The molecule has 0 spiro atoms. The van der Waals surface area contributed by atoms with Gasteiger partial charge in [0.2, 0.25) is 0 Å². The van der Waals surface area contributed by atoms with Crippen molar-refractivity contribution >= 4 is 23.3 Å². The highest BCUT2D eigenvalue weighted by molar-refractivity contribution is 6.39. The van der Waals surface area contributed by atoms with Gasteiger partial charge in [0.25, 0.3) is 0 Å². The molecule has 0 saturated carbocycles. The lowest BCUT2D eigenvalue weighted by Gasteiger charge is -2.30. The van der Waals surface area contributed by atoms with Crippen LogP contribution in [-0.2, 0) is 23.2 Å². The molecular weight excluding hydrogens is 318 g/mol. The van der Waals surface area contributed by atoms with Crippen molar-refractivity contribution in [2.45, 2.75) is 25.9 Å². The Balaban J connectivity index is 1.83. The van der Waals surface area contributed by atoms with Crippen LogP contribution in [0, 0.1) is 0 Å². The SMILES string of the molecule is CC[C@@H]1CN(C)c2ccccc2CN1C(=O)C(=O)Nc1ccn(C)n1. The minimum Gasteiger partial charge on any atom is -0.372 e. The summed E-state index contributed by atoms with van der Waals surface area (Å²) in [5, 5.41) is 6.67. The second-order valence-corrected chi connectivity index (χ2v) is 6.33. The number of para-hydroxylation sites is 1. The van der Waals surface area contributed by atoms with Crippen molar-refractivity contribution < 1.29 is 9.59 Å². The van der Waals surface area contributed by atoms with Gasteiger partial charge in [0.05, 0.1) is 0 Å². The van der Waals surface area contributed by atoms with E-state index in [1.807, 2.05) is 38.2 Å². The Kier molecular flexibility index (Phi) is 4.74. The van der Waals surface area contributed by atoms with Crippen molar-refractivity contribution in [1.29, 1.82) is 0 Å². The zero-order chi connectivity index (χ0) is 18.0. The topological polar surface area (TPSA) is 70.5 Å². The van der Waals surface area contributed by atoms with E-state index in [-0.39, 0.29) is 6.04 Å². The number of aromatic nitrogens is 2. The van der Waals surface area contributed by atoms with Crippen LogP contribution in [0.15, 0.2) is 36.5 Å². The number of benzene rings is 1. The van der Waals surface area contributed by atoms with Crippen LogP contribution >= 0.6 is 0 Å². The molecular formula is C18H23N5O2. The number of nitrogens with zero attached hydrogens (tertiary/aromatic N) is 4. The fourth-order valence-electron chi connectivity index (χ4n) is 3.21. The molecule has 2 aromatic rings. The van der Waals surface area contributed by atoms with Crippen LogP contribution in [-0.4, -0.2) is 46.1 Å². The molecule has 25 heavy (non-hydrogen) atoms. The molecule has 0 bridgehead atoms. The number of rotatable bonds is 2. The average molecular weight is 341 g/mol. The van der Waals surface area contributed by atoms with Crippen LogP contribution in [0.2, 0.25) is 0 Å². The molecule has 2 heterocycles. The van der Waals surface area contributed by atoms with E-state index in [9.17, 15) is 9.59 Å². The Bertz CT molecular complexity index is 785. The molecule has 1 atom stereocenters. The monoisotopic (exact) mass is 341 g/mol. The summed E-state index contributed by atoms with van der Waals surface area (Å²) in [5.41, 5.74) is 2.14. The molecule has 1 aliphatic heterocycles. The zero-order valence-electron chi connectivity index (χ0n) is 14.8. The van der Waals surface area contributed by atoms with E-state index in [4.69, 9.17) is 0 Å². The molecule has 0 saturated heterocycles. The van der Waals surface area contributed by atoms with E-state index < -0.39 is 11.8 Å². The molecule has 7 heteroatoms. The molecule has 1 aromatic carbocycles. The Morgan fingerprint density at radius 1 is 1.24 bits per heavy atom. The molecule has 0 unspecified atom stereocenters. The van der Waals surface area contributed by atoms with Crippen LogP contribution < -0.4 is 10.2 Å². The third kappa shape index (κ3) is 3.50. The number of hydrogen-bond acceptors (Lipinski definition) is 4. The number of carbonyl (C=O) groups excluding carboxylic acids is 2. The van der Waals surface area contributed by atoms with Crippen LogP contribution in [0.3, 0.4) is 0 Å². The molecule has 0 radical (unpaired) electrons. The molecule has 0 fully saturated rings. The van der Waals surface area contributed by atoms with Crippen molar-refractivity contribution in [1.82, 2.24) is 14.7 Å². The van der Waals surface area contributed by atoms with Crippen molar-refractivity contribution in [2.24, 2.45) is 7.05 Å². The smallest absolute Gasteiger partial charge is 0.315 e. The summed E-state index contributed by atoms with van der Waals surface area (Å²) in [5.74, 6) is -0.803. The maximum atomic E-state index is 12.8. The molecule has 7 nitrogen and oxygen atoms in total. The van der Waals surface area contributed by atoms with Crippen LogP contribution in [0.4, 0.5) is 11.5 Å². The second kappa shape index (κ2) is 6.96. The maximum Gasteiger partial charge on any atom is 0.315 e. The van der Waals surface area contributed by atoms with Gasteiger partial charge in [-0.3, -0.25) is 14.3 Å². The van der Waals surface area contributed by atoms with E-state index in [1.54, 1.807) is 28.9 Å². The number of hydrogen-bond donors (Lipinski definition) is 1. The Labute approximate surface area is 147 Å². The van der Waals surface area contributed by atoms with Gasteiger partial charge in [-0.25, -0.2) is 0 Å². The quantitative estimate of drug-likeness (QED) is 0.843. The number of aryl methyl sites for hydroxylation is 1. The molecule has 1 N–H and O–H groups in total. The molecule has 1 aromatic heterocycles. The minimum atomic E-state index is -0.654. The van der Waals surface area contributed by atoms with Gasteiger partial charge in [-0.15, -0.1) is 0 Å². The number of nitrogens with one attached hydrogen (secondary N) is 1. The van der Waals surface area contributed by atoms with E-state index in [0.29, 0.717) is 18.9 Å². The summed E-state index contributed by atoms with van der Waals surface area (Å²) < 4.78 is 1.58. The van der Waals surface area contributed by atoms with Gasteiger partial charge in [0, 0.05) is 51.2 Å². The van der Waals surface area contributed by atoms with Gasteiger partial charge in [0.1, 0.15) is 0 Å². The first-order valence-electron chi connectivity index (χ1n) is 8.40. The van der Waals surface area contributed by atoms with Gasteiger partial charge < -0.3 is 15.1 Å². The lowest BCUT2D eigenvalue weighted by atomic mass is 10.1. The summed E-state index contributed by atoms with van der Waals surface area (Å²) in [4.78, 5) is 29.0. The van der Waals surface area contributed by atoms with Gasteiger partial charge in [-0.1, -0.05) is 25.1 Å². The number of anilines is 2. The van der Waals surface area contributed by atoms with Crippen molar-refractivity contribution in [3.8, 4) is 0 Å². The van der Waals surface area contributed by atoms with Gasteiger partial charge in [-0.05, 0) is 18.1 Å². The van der Waals surface area contributed by atoms with Gasteiger partial charge >= 0.3 is 11.8 Å². The highest BCUT2D eigenvalue weighted by Crippen LogP contribution is 2.27. The number of amides is 2. The van der Waals surface area contributed by atoms with Crippen molar-refractivity contribution in [3.63, 3.8) is 0 Å². The van der Waals surface area contributed by atoms with Crippen molar-refractivity contribution in [3.05, 3.63) is 42.1 Å². The predicted molar refractivity (Wildman–Crippen MR) is 96.2 cm³/mol. The summed E-state index contributed by atoms with van der Waals surface area (Å²) >= 11 is 0. The average Bonchev–Trinajstić information content (AvgIpc) is 2.95. The van der Waals surface area contributed by atoms with E-state index in [0.717, 1.165) is 17.7 Å². The molecule has 132 valence electrons. The first kappa shape index (κ1) is 17.0. The lowest BCUT2D eigenvalue weighted by Crippen LogP contribution is -2.47. The minimum absolute atomic E-state index is 0.0283. The van der Waals surface area contributed by atoms with Crippen molar-refractivity contribution in [2.75, 3.05) is 23.8 Å². The fraction of sp³-hybridized carbons (Fsp3) is 0.389. The molecule has 1 aliphatic rings. The fourth-order valence-corrected chi connectivity index (χ4v) is 3.21. The van der Waals surface area contributed by atoms with E-state index in [1.165, 1.54) is 0 Å². The van der Waals surface area contributed by atoms with E-state index >= 15 is 0 Å². The largest absolute Gasteiger partial charge is 0.372 e. The molecule has 0 aliphatic carbocycles. The van der Waals surface area contributed by atoms with Crippen LogP contribution in [0.25, 0.3) is 0 Å². The first-order valence-corrected chi connectivity index (χ1v) is 8.40. The third-order valence-corrected chi connectivity index (χ3v) is 4.55. The Morgan fingerprint density at radius 3 is 2.68 bits per heavy atom. The van der Waals surface area contributed by atoms with Crippen LogP contribution in [0.1, 0.15) is 18.9 Å². The summed E-state index contributed by atoms with van der Waals surface area (Å²) in [6.45, 7) is 3.15. The highest BCUT2D eigenvalue weighted by Gasteiger charge is 2.32. The highest BCUT2D eigenvalue weighted by atomic mass is 16.2.